The molecular formula is C13H19N3. The van der Waals surface area contributed by atoms with E-state index in [-0.39, 0.29) is 0 Å². The molecule has 3 nitrogen and oxygen atoms in total. The lowest BCUT2D eigenvalue weighted by Crippen LogP contribution is -2.45. The molecule has 0 saturated carbocycles. The predicted octanol–water partition coefficient (Wildman–Crippen LogP) is 1.98. The second kappa shape index (κ2) is 4.54. The molecule has 0 aliphatic carbocycles. The minimum absolute atomic E-state index is 0.521. The average molecular weight is 217 g/mol. The van der Waals surface area contributed by atoms with E-state index in [0.29, 0.717) is 6.54 Å². The van der Waals surface area contributed by atoms with Gasteiger partial charge in [0.2, 0.25) is 0 Å². The van der Waals surface area contributed by atoms with Gasteiger partial charge in [0.05, 0.1) is 6.07 Å². The van der Waals surface area contributed by atoms with Crippen LogP contribution in [0.2, 0.25) is 0 Å². The predicted molar refractivity (Wildman–Crippen MR) is 67.4 cm³/mol. The lowest BCUT2D eigenvalue weighted by molar-refractivity contribution is 0.592. The molecule has 0 saturated heterocycles. The standard InChI is InChI=1S/C13H19N3/c1-10-5-6-12(11(2)7-10)16(4)9-13(3,15)8-14/h5-7H,9,15H2,1-4H3. The van der Waals surface area contributed by atoms with Gasteiger partial charge < -0.3 is 10.6 Å². The van der Waals surface area contributed by atoms with Crippen molar-refractivity contribution in [2.75, 3.05) is 18.5 Å². The molecule has 0 radical (unpaired) electrons. The van der Waals surface area contributed by atoms with Gasteiger partial charge in [-0.3, -0.25) is 0 Å². The third-order valence-corrected chi connectivity index (χ3v) is 2.58. The summed E-state index contributed by atoms with van der Waals surface area (Å²) in [5.41, 5.74) is 8.59. The van der Waals surface area contributed by atoms with Crippen molar-refractivity contribution in [1.82, 2.24) is 0 Å². The monoisotopic (exact) mass is 217 g/mol. The zero-order valence-electron chi connectivity index (χ0n) is 10.4. The molecule has 0 fully saturated rings. The molecule has 0 aliphatic heterocycles. The highest BCUT2D eigenvalue weighted by Gasteiger charge is 2.20. The average Bonchev–Trinajstić information content (AvgIpc) is 2.16. The number of nitrogens with zero attached hydrogens (tertiary/aromatic N) is 2. The van der Waals surface area contributed by atoms with Gasteiger partial charge in [-0.15, -0.1) is 0 Å². The topological polar surface area (TPSA) is 53.0 Å². The minimum Gasteiger partial charge on any atom is -0.371 e. The van der Waals surface area contributed by atoms with Crippen LogP contribution in [-0.4, -0.2) is 19.1 Å². The van der Waals surface area contributed by atoms with Crippen LogP contribution < -0.4 is 10.6 Å². The van der Waals surface area contributed by atoms with Gasteiger partial charge >= 0.3 is 0 Å². The fourth-order valence-corrected chi connectivity index (χ4v) is 1.85. The fourth-order valence-electron chi connectivity index (χ4n) is 1.85. The molecule has 1 atom stereocenters. The number of rotatable bonds is 3. The molecule has 1 unspecified atom stereocenters. The number of likely N-dealkylation sites (N-methyl/N-ethyl adjacent to an activating group) is 1. The number of aryl methyl sites for hydroxylation is 2. The van der Waals surface area contributed by atoms with Crippen molar-refractivity contribution in [2.24, 2.45) is 5.73 Å². The van der Waals surface area contributed by atoms with Crippen molar-refractivity contribution < 1.29 is 0 Å². The maximum Gasteiger partial charge on any atom is 0.119 e. The number of benzene rings is 1. The summed E-state index contributed by atoms with van der Waals surface area (Å²) in [6.07, 6.45) is 0. The number of anilines is 1. The van der Waals surface area contributed by atoms with Gasteiger partial charge in [0.15, 0.2) is 0 Å². The second-order valence-electron chi connectivity index (χ2n) is 4.68. The number of nitriles is 1. The molecule has 1 rings (SSSR count). The largest absolute Gasteiger partial charge is 0.371 e. The molecule has 86 valence electrons. The van der Waals surface area contributed by atoms with Crippen molar-refractivity contribution in [3.05, 3.63) is 29.3 Å². The first-order chi connectivity index (χ1) is 7.35. The summed E-state index contributed by atoms with van der Waals surface area (Å²) in [7, 11) is 1.96. The third-order valence-electron chi connectivity index (χ3n) is 2.58. The van der Waals surface area contributed by atoms with E-state index < -0.39 is 5.54 Å². The van der Waals surface area contributed by atoms with Gasteiger partial charge in [-0.1, -0.05) is 17.7 Å². The van der Waals surface area contributed by atoms with Gasteiger partial charge in [-0.2, -0.15) is 5.26 Å². The molecule has 2 N–H and O–H groups in total. The van der Waals surface area contributed by atoms with Crippen molar-refractivity contribution >= 4 is 5.69 Å². The molecule has 3 heteroatoms. The van der Waals surface area contributed by atoms with Crippen molar-refractivity contribution in [3.63, 3.8) is 0 Å². The summed E-state index contributed by atoms with van der Waals surface area (Å²) in [6.45, 7) is 6.40. The van der Waals surface area contributed by atoms with Gasteiger partial charge in [-0.25, -0.2) is 0 Å². The zero-order valence-corrected chi connectivity index (χ0v) is 10.4. The van der Waals surface area contributed by atoms with Gasteiger partial charge in [0, 0.05) is 19.3 Å². The van der Waals surface area contributed by atoms with E-state index in [0.717, 1.165) is 5.69 Å². The van der Waals surface area contributed by atoms with Crippen LogP contribution in [0.15, 0.2) is 18.2 Å². The SMILES string of the molecule is Cc1ccc(N(C)CC(C)(N)C#N)c(C)c1. The van der Waals surface area contributed by atoms with Crippen LogP contribution in [-0.2, 0) is 0 Å². The highest BCUT2D eigenvalue weighted by atomic mass is 15.1. The summed E-state index contributed by atoms with van der Waals surface area (Å²) < 4.78 is 0. The van der Waals surface area contributed by atoms with E-state index in [1.807, 2.05) is 11.9 Å². The third kappa shape index (κ3) is 2.98. The smallest absolute Gasteiger partial charge is 0.119 e. The maximum atomic E-state index is 8.90. The number of hydrogen-bond donors (Lipinski definition) is 1. The van der Waals surface area contributed by atoms with E-state index in [4.69, 9.17) is 11.0 Å². The minimum atomic E-state index is -0.813. The Morgan fingerprint density at radius 2 is 2.06 bits per heavy atom. The Hall–Kier alpha value is -1.53. The molecule has 0 aromatic heterocycles. The first kappa shape index (κ1) is 12.5. The van der Waals surface area contributed by atoms with Crippen molar-refractivity contribution in [1.29, 1.82) is 5.26 Å². The summed E-state index contributed by atoms with van der Waals surface area (Å²) in [6, 6.07) is 8.38. The highest BCUT2D eigenvalue weighted by molar-refractivity contribution is 5.54. The summed E-state index contributed by atoms with van der Waals surface area (Å²) in [5.74, 6) is 0. The van der Waals surface area contributed by atoms with Gasteiger partial charge in [0.1, 0.15) is 5.54 Å². The molecule has 1 aromatic rings. The summed E-state index contributed by atoms with van der Waals surface area (Å²) >= 11 is 0. The molecule has 0 aliphatic rings. The quantitative estimate of drug-likeness (QED) is 0.842. The number of nitrogens with two attached hydrogens (primary N) is 1. The lowest BCUT2D eigenvalue weighted by Gasteiger charge is -2.27. The van der Waals surface area contributed by atoms with E-state index in [2.05, 4.69) is 38.1 Å². The maximum absolute atomic E-state index is 8.90. The normalized spacial score (nSPS) is 14.0. The molecule has 0 spiro atoms. The molecule has 0 bridgehead atoms. The van der Waals surface area contributed by atoms with E-state index in [1.165, 1.54) is 11.1 Å². The Balaban J connectivity index is 2.90. The Bertz CT molecular complexity index is 416. The summed E-state index contributed by atoms with van der Waals surface area (Å²) in [4.78, 5) is 2.03. The molecule has 1 aromatic carbocycles. The first-order valence-electron chi connectivity index (χ1n) is 5.34. The molecule has 0 amide bonds. The fraction of sp³-hybridized carbons (Fsp3) is 0.462. The van der Waals surface area contributed by atoms with Gasteiger partial charge in [0.25, 0.3) is 0 Å². The van der Waals surface area contributed by atoms with Crippen LogP contribution in [0, 0.1) is 25.2 Å². The second-order valence-corrected chi connectivity index (χ2v) is 4.68. The molecule has 16 heavy (non-hydrogen) atoms. The van der Waals surface area contributed by atoms with E-state index in [9.17, 15) is 0 Å². The Kier molecular flexibility index (Phi) is 3.56. The Morgan fingerprint density at radius 1 is 1.44 bits per heavy atom. The van der Waals surface area contributed by atoms with E-state index in [1.54, 1.807) is 6.92 Å². The van der Waals surface area contributed by atoms with E-state index >= 15 is 0 Å². The van der Waals surface area contributed by atoms with Crippen LogP contribution in [0.25, 0.3) is 0 Å². The van der Waals surface area contributed by atoms with Crippen molar-refractivity contribution in [3.8, 4) is 6.07 Å². The van der Waals surface area contributed by atoms with Gasteiger partial charge in [-0.05, 0) is 32.4 Å². The summed E-state index contributed by atoms with van der Waals surface area (Å²) in [5, 5.41) is 8.90. The Morgan fingerprint density at radius 3 is 2.56 bits per heavy atom. The van der Waals surface area contributed by atoms with Crippen LogP contribution in [0.4, 0.5) is 5.69 Å². The Labute approximate surface area is 97.5 Å². The van der Waals surface area contributed by atoms with Crippen molar-refractivity contribution in [2.45, 2.75) is 26.3 Å². The number of hydrogen-bond acceptors (Lipinski definition) is 3. The van der Waals surface area contributed by atoms with Crippen LogP contribution in [0.5, 0.6) is 0 Å². The highest BCUT2D eigenvalue weighted by Crippen LogP contribution is 2.20. The van der Waals surface area contributed by atoms with Crippen LogP contribution >= 0.6 is 0 Å². The first-order valence-corrected chi connectivity index (χ1v) is 5.34. The molecule has 0 heterocycles. The molecular weight excluding hydrogens is 198 g/mol. The lowest BCUT2D eigenvalue weighted by atomic mass is 10.0. The van der Waals surface area contributed by atoms with Crippen LogP contribution in [0.1, 0.15) is 18.1 Å². The zero-order chi connectivity index (χ0) is 12.3. The van der Waals surface area contributed by atoms with Crippen LogP contribution in [0.3, 0.4) is 0 Å².